The zero-order valence-corrected chi connectivity index (χ0v) is 10.3. The third-order valence-corrected chi connectivity index (χ3v) is 2.37. The van der Waals surface area contributed by atoms with Crippen molar-refractivity contribution in [3.63, 3.8) is 0 Å². The predicted molar refractivity (Wildman–Crippen MR) is 66.0 cm³/mol. The Morgan fingerprint density at radius 2 is 2.31 bits per heavy atom. The maximum Gasteiger partial charge on any atom is 0.224 e. The Balaban J connectivity index is 2.58. The van der Waals surface area contributed by atoms with Crippen LogP contribution in [-0.2, 0) is 0 Å². The van der Waals surface area contributed by atoms with Gasteiger partial charge >= 0.3 is 0 Å². The lowest BCUT2D eigenvalue weighted by molar-refractivity contribution is 0.176. The third kappa shape index (κ3) is 3.83. The molecular weight excluding hydrogens is 228 g/mol. The molecule has 1 aromatic heterocycles. The van der Waals surface area contributed by atoms with Crippen LogP contribution in [0.15, 0.2) is 6.20 Å². The summed E-state index contributed by atoms with van der Waals surface area (Å²) in [5, 5.41) is 15.8. The molecule has 1 aromatic rings. The van der Waals surface area contributed by atoms with E-state index in [1.165, 1.54) is 6.20 Å². The van der Waals surface area contributed by atoms with Gasteiger partial charge in [-0.2, -0.15) is 4.98 Å². The average Bonchev–Trinajstić information content (AvgIpc) is 2.28. The summed E-state index contributed by atoms with van der Waals surface area (Å²) in [6, 6.07) is 0. The molecular formula is C10H17ClN4O. The molecule has 0 aliphatic heterocycles. The Bertz CT molecular complexity index is 335. The van der Waals surface area contributed by atoms with E-state index in [1.54, 1.807) is 7.05 Å². The van der Waals surface area contributed by atoms with E-state index in [0.29, 0.717) is 23.3 Å². The number of nitrogens with zero attached hydrogens (tertiary/aromatic N) is 2. The Labute approximate surface area is 100 Å². The van der Waals surface area contributed by atoms with Crippen LogP contribution >= 0.6 is 11.6 Å². The highest BCUT2D eigenvalue weighted by Gasteiger charge is 2.07. The summed E-state index contributed by atoms with van der Waals surface area (Å²) >= 11 is 5.92. The summed E-state index contributed by atoms with van der Waals surface area (Å²) in [7, 11) is 1.74. The molecule has 6 heteroatoms. The predicted octanol–water partition coefficient (Wildman–Crippen LogP) is 1.74. The highest BCUT2D eigenvalue weighted by Crippen LogP contribution is 2.19. The van der Waals surface area contributed by atoms with Crippen LogP contribution in [0.5, 0.6) is 0 Å². The lowest BCUT2D eigenvalue weighted by atomic mass is 10.2. The largest absolute Gasteiger partial charge is 0.391 e. The fraction of sp³-hybridized carbons (Fsp3) is 0.600. The van der Waals surface area contributed by atoms with Gasteiger partial charge in [0.25, 0.3) is 0 Å². The normalized spacial score (nSPS) is 12.2. The zero-order valence-electron chi connectivity index (χ0n) is 9.50. The lowest BCUT2D eigenvalue weighted by Gasteiger charge is -2.12. The molecule has 0 saturated carbocycles. The minimum Gasteiger partial charge on any atom is -0.391 e. The van der Waals surface area contributed by atoms with Crippen molar-refractivity contribution in [3.8, 4) is 0 Å². The van der Waals surface area contributed by atoms with Gasteiger partial charge in [-0.05, 0) is 6.42 Å². The fourth-order valence-electron chi connectivity index (χ4n) is 1.26. The van der Waals surface area contributed by atoms with Crippen molar-refractivity contribution in [1.29, 1.82) is 0 Å². The molecule has 1 rings (SSSR count). The van der Waals surface area contributed by atoms with Gasteiger partial charge in [-0.1, -0.05) is 24.9 Å². The minimum absolute atomic E-state index is 0.380. The van der Waals surface area contributed by atoms with E-state index in [4.69, 9.17) is 11.6 Å². The Morgan fingerprint density at radius 1 is 1.56 bits per heavy atom. The second-order valence-electron chi connectivity index (χ2n) is 3.46. The molecule has 0 radical (unpaired) electrons. The van der Waals surface area contributed by atoms with Gasteiger partial charge in [-0.25, -0.2) is 4.98 Å². The summed E-state index contributed by atoms with van der Waals surface area (Å²) in [4.78, 5) is 8.11. The number of anilines is 2. The van der Waals surface area contributed by atoms with Crippen LogP contribution in [0.1, 0.15) is 19.8 Å². The van der Waals surface area contributed by atoms with E-state index in [-0.39, 0.29) is 6.10 Å². The van der Waals surface area contributed by atoms with Crippen LogP contribution in [0, 0.1) is 0 Å². The second kappa shape index (κ2) is 6.50. The Kier molecular flexibility index (Phi) is 5.28. The molecule has 1 unspecified atom stereocenters. The highest BCUT2D eigenvalue weighted by atomic mass is 35.5. The monoisotopic (exact) mass is 244 g/mol. The van der Waals surface area contributed by atoms with Crippen LogP contribution in [-0.4, -0.2) is 34.8 Å². The average molecular weight is 245 g/mol. The first-order chi connectivity index (χ1) is 7.67. The summed E-state index contributed by atoms with van der Waals surface area (Å²) in [5.74, 6) is 1.04. The smallest absolute Gasteiger partial charge is 0.224 e. The van der Waals surface area contributed by atoms with Gasteiger partial charge in [-0.3, -0.25) is 0 Å². The minimum atomic E-state index is -0.380. The van der Waals surface area contributed by atoms with Gasteiger partial charge in [-0.15, -0.1) is 0 Å². The van der Waals surface area contributed by atoms with Crippen LogP contribution in [0.2, 0.25) is 5.02 Å². The number of aromatic nitrogens is 2. The fourth-order valence-corrected chi connectivity index (χ4v) is 1.42. The number of hydrogen-bond donors (Lipinski definition) is 3. The van der Waals surface area contributed by atoms with Crippen molar-refractivity contribution in [1.82, 2.24) is 9.97 Å². The molecule has 5 nitrogen and oxygen atoms in total. The molecule has 0 aliphatic carbocycles. The number of hydrogen-bond acceptors (Lipinski definition) is 5. The SMILES string of the molecule is CCCC(O)CNc1nc(NC)ncc1Cl. The maximum absolute atomic E-state index is 9.56. The van der Waals surface area contributed by atoms with Gasteiger partial charge in [0.15, 0.2) is 5.82 Å². The van der Waals surface area contributed by atoms with Gasteiger partial charge in [0.1, 0.15) is 5.02 Å². The number of rotatable bonds is 6. The molecule has 0 spiro atoms. The number of nitrogens with one attached hydrogen (secondary N) is 2. The van der Waals surface area contributed by atoms with Crippen molar-refractivity contribution in [3.05, 3.63) is 11.2 Å². The molecule has 1 heterocycles. The summed E-state index contributed by atoms with van der Waals surface area (Å²) < 4.78 is 0. The maximum atomic E-state index is 9.56. The van der Waals surface area contributed by atoms with Crippen LogP contribution in [0.25, 0.3) is 0 Å². The van der Waals surface area contributed by atoms with Gasteiger partial charge in [0.2, 0.25) is 5.95 Å². The molecule has 0 aliphatic rings. The standard InChI is InChI=1S/C10H17ClN4O/c1-3-4-7(16)5-13-9-8(11)6-14-10(12-2)15-9/h6-7,16H,3-5H2,1-2H3,(H2,12,13,14,15). The molecule has 0 amide bonds. The molecule has 16 heavy (non-hydrogen) atoms. The molecule has 0 fully saturated rings. The first kappa shape index (κ1) is 13.0. The Hall–Kier alpha value is -1.07. The van der Waals surface area contributed by atoms with E-state index in [1.807, 2.05) is 6.92 Å². The van der Waals surface area contributed by atoms with E-state index >= 15 is 0 Å². The summed E-state index contributed by atoms with van der Waals surface area (Å²) in [5.41, 5.74) is 0. The number of aliphatic hydroxyl groups excluding tert-OH is 1. The van der Waals surface area contributed by atoms with Crippen molar-refractivity contribution >= 4 is 23.4 Å². The van der Waals surface area contributed by atoms with E-state index in [2.05, 4.69) is 20.6 Å². The van der Waals surface area contributed by atoms with Gasteiger partial charge in [0.05, 0.1) is 12.3 Å². The second-order valence-corrected chi connectivity index (χ2v) is 3.87. The van der Waals surface area contributed by atoms with Crippen molar-refractivity contribution in [2.45, 2.75) is 25.9 Å². The van der Waals surface area contributed by atoms with Crippen LogP contribution in [0.3, 0.4) is 0 Å². The molecule has 3 N–H and O–H groups in total. The first-order valence-corrected chi connectivity index (χ1v) is 5.67. The number of aliphatic hydroxyl groups is 1. The lowest BCUT2D eigenvalue weighted by Crippen LogP contribution is -2.20. The molecule has 0 aromatic carbocycles. The zero-order chi connectivity index (χ0) is 12.0. The summed E-state index contributed by atoms with van der Waals surface area (Å²) in [6.45, 7) is 2.47. The van der Waals surface area contributed by atoms with Crippen LogP contribution in [0.4, 0.5) is 11.8 Å². The van der Waals surface area contributed by atoms with Crippen molar-refractivity contribution < 1.29 is 5.11 Å². The topological polar surface area (TPSA) is 70.1 Å². The van der Waals surface area contributed by atoms with E-state index in [9.17, 15) is 5.11 Å². The van der Waals surface area contributed by atoms with Crippen molar-refractivity contribution in [2.75, 3.05) is 24.2 Å². The highest BCUT2D eigenvalue weighted by molar-refractivity contribution is 6.32. The number of halogens is 1. The molecule has 0 bridgehead atoms. The van der Waals surface area contributed by atoms with Crippen molar-refractivity contribution in [2.24, 2.45) is 0 Å². The summed E-state index contributed by atoms with van der Waals surface area (Å²) in [6.07, 6.45) is 2.85. The molecule has 1 atom stereocenters. The third-order valence-electron chi connectivity index (χ3n) is 2.09. The van der Waals surface area contributed by atoms with Crippen LogP contribution < -0.4 is 10.6 Å². The first-order valence-electron chi connectivity index (χ1n) is 5.29. The Morgan fingerprint density at radius 3 is 2.94 bits per heavy atom. The van der Waals surface area contributed by atoms with Gasteiger partial charge < -0.3 is 15.7 Å². The van der Waals surface area contributed by atoms with E-state index < -0.39 is 0 Å². The van der Waals surface area contributed by atoms with Gasteiger partial charge in [0, 0.05) is 13.6 Å². The molecule has 90 valence electrons. The quantitative estimate of drug-likeness (QED) is 0.711. The molecule has 0 saturated heterocycles. The van der Waals surface area contributed by atoms with E-state index in [0.717, 1.165) is 12.8 Å².